The van der Waals surface area contributed by atoms with Gasteiger partial charge in [-0.2, -0.15) is 0 Å². The number of ether oxygens (including phenoxy) is 1. The Hall–Kier alpha value is -2.38. The first-order valence-electron chi connectivity index (χ1n) is 9.21. The minimum Gasteiger partial charge on any atom is -0.457 e. The number of allylic oxidation sites excluding steroid dienone is 1. The predicted molar refractivity (Wildman–Crippen MR) is 117 cm³/mol. The van der Waals surface area contributed by atoms with Crippen LogP contribution in [-0.4, -0.2) is 27.2 Å². The number of esters is 1. The number of nitrogens with zero attached hydrogens (tertiary/aromatic N) is 2. The van der Waals surface area contributed by atoms with Crippen molar-refractivity contribution in [3.05, 3.63) is 81.5 Å². The van der Waals surface area contributed by atoms with Gasteiger partial charge in [-0.15, -0.1) is 0 Å². The van der Waals surface area contributed by atoms with E-state index in [0.29, 0.717) is 16.4 Å². The lowest BCUT2D eigenvalue weighted by Gasteiger charge is -2.33. The number of halogens is 1. The van der Waals surface area contributed by atoms with Crippen molar-refractivity contribution in [1.29, 1.82) is 0 Å². The quantitative estimate of drug-likeness (QED) is 0.599. The fraction of sp³-hybridized carbons (Fsp3) is 0.227. The molecule has 2 atom stereocenters. The standard InChI is InChI=1S/C22H19BrN2O3S/c1-13-18(21(27)28-12-15-6-4-3-5-7-15)19(16-8-10-17(23)11-9-16)25-20(26)14(2)29-22(25)24-13/h3-11,14,19H,12H2,1-2H3/t14-,19+/m1/s1. The van der Waals surface area contributed by atoms with Crippen LogP contribution in [0.3, 0.4) is 0 Å². The van der Waals surface area contributed by atoms with Crippen LogP contribution >= 0.6 is 27.7 Å². The highest BCUT2D eigenvalue weighted by Crippen LogP contribution is 2.43. The topological polar surface area (TPSA) is 59.0 Å². The second-order valence-electron chi connectivity index (χ2n) is 6.88. The Labute approximate surface area is 182 Å². The van der Waals surface area contributed by atoms with E-state index in [9.17, 15) is 9.59 Å². The lowest BCUT2D eigenvalue weighted by Crippen LogP contribution is -2.40. The third-order valence-corrected chi connectivity index (χ3v) is 6.46. The molecule has 0 aliphatic carbocycles. The van der Waals surface area contributed by atoms with Crippen molar-refractivity contribution in [2.24, 2.45) is 4.99 Å². The molecule has 7 heteroatoms. The van der Waals surface area contributed by atoms with Gasteiger partial charge in [0.05, 0.1) is 22.6 Å². The Morgan fingerprint density at radius 2 is 1.86 bits per heavy atom. The van der Waals surface area contributed by atoms with Gasteiger partial charge in [0.1, 0.15) is 6.61 Å². The zero-order chi connectivity index (χ0) is 20.5. The molecule has 29 heavy (non-hydrogen) atoms. The molecule has 0 bridgehead atoms. The van der Waals surface area contributed by atoms with Crippen LogP contribution in [0.5, 0.6) is 0 Å². The van der Waals surface area contributed by atoms with Crippen LogP contribution in [0.2, 0.25) is 0 Å². The van der Waals surface area contributed by atoms with Crippen LogP contribution in [0.4, 0.5) is 0 Å². The molecule has 2 aliphatic rings. The number of rotatable bonds is 4. The second kappa shape index (κ2) is 8.16. The molecular formula is C22H19BrN2O3S. The van der Waals surface area contributed by atoms with Gasteiger partial charge in [0.2, 0.25) is 5.91 Å². The zero-order valence-corrected chi connectivity index (χ0v) is 18.4. The van der Waals surface area contributed by atoms with Gasteiger partial charge in [-0.25, -0.2) is 9.79 Å². The molecule has 0 radical (unpaired) electrons. The first-order chi connectivity index (χ1) is 14.0. The minimum atomic E-state index is -0.552. The number of amidine groups is 1. The Morgan fingerprint density at radius 3 is 2.55 bits per heavy atom. The van der Waals surface area contributed by atoms with Crippen LogP contribution < -0.4 is 0 Å². The van der Waals surface area contributed by atoms with Gasteiger partial charge in [0.15, 0.2) is 5.17 Å². The monoisotopic (exact) mass is 470 g/mol. The van der Waals surface area contributed by atoms with E-state index in [1.54, 1.807) is 11.8 Å². The highest BCUT2D eigenvalue weighted by atomic mass is 79.9. The summed E-state index contributed by atoms with van der Waals surface area (Å²) in [5, 5.41) is 0.395. The largest absolute Gasteiger partial charge is 0.457 e. The normalized spacial score (nSPS) is 21.1. The van der Waals surface area contributed by atoms with Crippen molar-refractivity contribution < 1.29 is 14.3 Å². The number of amides is 1. The molecule has 148 valence electrons. The molecule has 4 rings (SSSR count). The first-order valence-corrected chi connectivity index (χ1v) is 10.9. The number of hydrogen-bond acceptors (Lipinski definition) is 5. The SMILES string of the molecule is CC1=C(C(=O)OCc2ccccc2)[C@H](c2ccc(Br)cc2)N2C(=O)[C@@H](C)SC2=N1. The van der Waals surface area contributed by atoms with Gasteiger partial charge in [-0.3, -0.25) is 9.69 Å². The maximum absolute atomic E-state index is 13.1. The Bertz CT molecular complexity index is 1020. The van der Waals surface area contributed by atoms with E-state index in [2.05, 4.69) is 20.9 Å². The van der Waals surface area contributed by atoms with Gasteiger partial charge >= 0.3 is 5.97 Å². The highest BCUT2D eigenvalue weighted by Gasteiger charge is 2.46. The van der Waals surface area contributed by atoms with Gasteiger partial charge in [-0.1, -0.05) is 70.2 Å². The van der Waals surface area contributed by atoms with Crippen molar-refractivity contribution in [2.45, 2.75) is 31.7 Å². The zero-order valence-electron chi connectivity index (χ0n) is 16.0. The predicted octanol–water partition coefficient (Wildman–Crippen LogP) is 4.84. The molecule has 1 saturated heterocycles. The summed E-state index contributed by atoms with van der Waals surface area (Å²) in [7, 11) is 0. The van der Waals surface area contributed by atoms with Crippen LogP contribution in [0, 0.1) is 0 Å². The summed E-state index contributed by atoms with van der Waals surface area (Å²) in [6.45, 7) is 3.82. The Balaban J connectivity index is 1.71. The van der Waals surface area contributed by atoms with Gasteiger partial charge in [0.25, 0.3) is 0 Å². The molecule has 0 spiro atoms. The number of benzene rings is 2. The summed E-state index contributed by atoms with van der Waals surface area (Å²) in [6.07, 6.45) is 0. The summed E-state index contributed by atoms with van der Waals surface area (Å²) in [6, 6.07) is 16.6. The van der Waals surface area contributed by atoms with E-state index in [4.69, 9.17) is 4.74 Å². The molecule has 0 N–H and O–H groups in total. The Morgan fingerprint density at radius 1 is 1.17 bits per heavy atom. The minimum absolute atomic E-state index is 0.0532. The van der Waals surface area contributed by atoms with Crippen molar-refractivity contribution in [3.63, 3.8) is 0 Å². The fourth-order valence-corrected chi connectivity index (χ4v) is 4.72. The number of aliphatic imine (C=N–C) groups is 1. The van der Waals surface area contributed by atoms with E-state index in [1.807, 2.05) is 61.5 Å². The van der Waals surface area contributed by atoms with E-state index >= 15 is 0 Å². The molecule has 0 aromatic heterocycles. The molecule has 0 saturated carbocycles. The molecular weight excluding hydrogens is 452 g/mol. The fourth-order valence-electron chi connectivity index (χ4n) is 3.43. The van der Waals surface area contributed by atoms with E-state index in [1.165, 1.54) is 11.8 Å². The van der Waals surface area contributed by atoms with Crippen LogP contribution in [0.15, 0.2) is 75.3 Å². The van der Waals surface area contributed by atoms with Crippen LogP contribution in [0.25, 0.3) is 0 Å². The van der Waals surface area contributed by atoms with Crippen molar-refractivity contribution in [3.8, 4) is 0 Å². The van der Waals surface area contributed by atoms with E-state index < -0.39 is 12.0 Å². The van der Waals surface area contributed by atoms with Gasteiger partial charge < -0.3 is 4.74 Å². The van der Waals surface area contributed by atoms with E-state index in [-0.39, 0.29) is 17.8 Å². The van der Waals surface area contributed by atoms with Crippen molar-refractivity contribution in [1.82, 2.24) is 4.90 Å². The maximum Gasteiger partial charge on any atom is 0.338 e. The Kier molecular flexibility index (Phi) is 5.61. The molecule has 2 heterocycles. The molecule has 2 aromatic rings. The average Bonchev–Trinajstić information content (AvgIpc) is 3.00. The number of hydrogen-bond donors (Lipinski definition) is 0. The molecule has 1 amide bonds. The van der Waals surface area contributed by atoms with Crippen LogP contribution in [-0.2, 0) is 20.9 Å². The third-order valence-electron chi connectivity index (χ3n) is 4.88. The lowest BCUT2D eigenvalue weighted by molar-refractivity contribution is -0.141. The first kappa shape index (κ1) is 19.9. The van der Waals surface area contributed by atoms with E-state index in [0.717, 1.165) is 15.6 Å². The second-order valence-corrected chi connectivity index (χ2v) is 9.10. The molecule has 0 unspecified atom stereocenters. The highest BCUT2D eigenvalue weighted by molar-refractivity contribution is 9.10. The number of fused-ring (bicyclic) bond motifs is 1. The summed E-state index contributed by atoms with van der Waals surface area (Å²) < 4.78 is 6.53. The molecule has 2 aromatic carbocycles. The van der Waals surface area contributed by atoms with Crippen LogP contribution in [0.1, 0.15) is 31.0 Å². The lowest BCUT2D eigenvalue weighted by atomic mass is 9.94. The average molecular weight is 471 g/mol. The smallest absolute Gasteiger partial charge is 0.338 e. The number of carbonyl (C=O) groups is 2. The van der Waals surface area contributed by atoms with Gasteiger partial charge in [0, 0.05) is 4.47 Å². The number of thioether (sulfide) groups is 1. The molecule has 5 nitrogen and oxygen atoms in total. The van der Waals surface area contributed by atoms with Gasteiger partial charge in [-0.05, 0) is 37.1 Å². The third kappa shape index (κ3) is 3.89. The summed E-state index contributed by atoms with van der Waals surface area (Å²) in [5.74, 6) is -0.512. The molecule has 1 fully saturated rings. The number of carbonyl (C=O) groups excluding carboxylic acids is 2. The summed E-state index contributed by atoms with van der Waals surface area (Å²) >= 11 is 4.86. The van der Waals surface area contributed by atoms with Crippen molar-refractivity contribution in [2.75, 3.05) is 0 Å². The maximum atomic E-state index is 13.1. The summed E-state index contributed by atoms with van der Waals surface area (Å²) in [5.41, 5.74) is 2.72. The van der Waals surface area contributed by atoms with Crippen molar-refractivity contribution >= 4 is 44.7 Å². The summed E-state index contributed by atoms with van der Waals surface area (Å²) in [4.78, 5) is 32.2. The molecule has 2 aliphatic heterocycles.